The summed E-state index contributed by atoms with van der Waals surface area (Å²) in [5.74, 6) is -0.358. The SMILES string of the molecule is CC[N+](C)(C)CC(=O)C(C)C(=O)C[N+](C)(C)CC. The van der Waals surface area contributed by atoms with Gasteiger partial charge in [0.05, 0.1) is 47.2 Å². The van der Waals surface area contributed by atoms with Crippen LogP contribution in [0.4, 0.5) is 0 Å². The predicted octanol–water partition coefficient (Wildman–Crippen LogP) is 0.953. The molecule has 0 aromatic rings. The monoisotopic (exact) mass is 258 g/mol. The number of ketones is 2. The Morgan fingerprint density at radius 1 is 0.833 bits per heavy atom. The summed E-state index contributed by atoms with van der Waals surface area (Å²) in [6.07, 6.45) is 0. The Balaban J connectivity index is 4.52. The zero-order chi connectivity index (χ0) is 14.6. The smallest absolute Gasteiger partial charge is 0.197 e. The molecule has 0 radical (unpaired) electrons. The van der Waals surface area contributed by atoms with Crippen LogP contribution in [0.1, 0.15) is 20.8 Å². The molecule has 0 unspecified atom stereocenters. The van der Waals surface area contributed by atoms with Crippen molar-refractivity contribution in [3.05, 3.63) is 0 Å². The van der Waals surface area contributed by atoms with Gasteiger partial charge in [-0.25, -0.2) is 0 Å². The van der Waals surface area contributed by atoms with Crippen molar-refractivity contribution in [2.45, 2.75) is 20.8 Å². The molecule has 0 aromatic carbocycles. The van der Waals surface area contributed by atoms with Crippen LogP contribution in [0.15, 0.2) is 0 Å². The molecular formula is C14H30N2O2+2. The molecule has 0 fully saturated rings. The Bertz CT molecular complexity index is 279. The Morgan fingerprint density at radius 3 is 1.33 bits per heavy atom. The first-order valence-electron chi connectivity index (χ1n) is 6.74. The quantitative estimate of drug-likeness (QED) is 0.480. The van der Waals surface area contributed by atoms with Gasteiger partial charge in [-0.15, -0.1) is 0 Å². The molecule has 0 atom stereocenters. The van der Waals surface area contributed by atoms with E-state index in [1.807, 2.05) is 28.2 Å². The van der Waals surface area contributed by atoms with Crippen molar-refractivity contribution in [3.8, 4) is 0 Å². The Hall–Kier alpha value is -0.740. The minimum Gasteiger partial charge on any atom is -0.323 e. The number of hydrogen-bond donors (Lipinski definition) is 0. The highest BCUT2D eigenvalue weighted by atomic mass is 16.2. The maximum absolute atomic E-state index is 12.1. The van der Waals surface area contributed by atoms with Crippen molar-refractivity contribution in [3.63, 3.8) is 0 Å². The van der Waals surface area contributed by atoms with Gasteiger partial charge in [0.2, 0.25) is 0 Å². The molecule has 0 saturated heterocycles. The molecule has 0 aliphatic rings. The fourth-order valence-corrected chi connectivity index (χ4v) is 1.52. The summed E-state index contributed by atoms with van der Waals surface area (Å²) in [5, 5.41) is 0. The number of carbonyl (C=O) groups is 2. The molecule has 0 spiro atoms. The van der Waals surface area contributed by atoms with E-state index >= 15 is 0 Å². The van der Waals surface area contributed by atoms with E-state index in [1.165, 1.54) is 0 Å². The average Bonchev–Trinajstić information content (AvgIpc) is 2.26. The number of carbonyl (C=O) groups excluding carboxylic acids is 2. The molecule has 18 heavy (non-hydrogen) atoms. The number of rotatable bonds is 8. The lowest BCUT2D eigenvalue weighted by molar-refractivity contribution is -0.881. The van der Waals surface area contributed by atoms with Crippen molar-refractivity contribution in [2.24, 2.45) is 5.92 Å². The molecule has 106 valence electrons. The van der Waals surface area contributed by atoms with Crippen LogP contribution in [-0.2, 0) is 9.59 Å². The summed E-state index contributed by atoms with van der Waals surface area (Å²) in [6.45, 7) is 8.50. The standard InChI is InChI=1S/C14H30N2O2/c1-8-15(4,5)10-13(17)12(3)14(18)11-16(6,7)9-2/h12H,8-11H2,1-7H3/q+2. The molecule has 0 rings (SSSR count). The zero-order valence-electron chi connectivity index (χ0n) is 13.1. The van der Waals surface area contributed by atoms with Crippen molar-refractivity contribution in [1.82, 2.24) is 0 Å². The van der Waals surface area contributed by atoms with Crippen LogP contribution >= 0.6 is 0 Å². The van der Waals surface area contributed by atoms with E-state index in [2.05, 4.69) is 13.8 Å². The third-order valence-electron chi connectivity index (χ3n) is 3.85. The number of quaternary nitrogens is 2. The number of Topliss-reactive ketones (excluding diaryl/α,β-unsaturated/α-hetero) is 2. The molecule has 0 aliphatic carbocycles. The maximum Gasteiger partial charge on any atom is 0.197 e. The van der Waals surface area contributed by atoms with Crippen LogP contribution in [0, 0.1) is 5.92 Å². The fraction of sp³-hybridized carbons (Fsp3) is 0.857. The molecule has 0 saturated carbocycles. The molecular weight excluding hydrogens is 228 g/mol. The third-order valence-corrected chi connectivity index (χ3v) is 3.85. The highest BCUT2D eigenvalue weighted by molar-refractivity contribution is 6.03. The van der Waals surface area contributed by atoms with E-state index in [0.29, 0.717) is 22.1 Å². The minimum absolute atomic E-state index is 0.0583. The molecule has 0 aliphatic heterocycles. The van der Waals surface area contributed by atoms with Crippen LogP contribution in [0.2, 0.25) is 0 Å². The summed E-state index contributed by atoms with van der Waals surface area (Å²) < 4.78 is 1.28. The Kier molecular flexibility index (Phi) is 6.17. The zero-order valence-corrected chi connectivity index (χ0v) is 13.1. The van der Waals surface area contributed by atoms with Gasteiger partial charge in [0.25, 0.3) is 0 Å². The van der Waals surface area contributed by atoms with E-state index in [4.69, 9.17) is 0 Å². The molecule has 0 N–H and O–H groups in total. The molecule has 0 bridgehead atoms. The molecule has 0 amide bonds. The second-order valence-corrected chi connectivity index (χ2v) is 6.47. The van der Waals surface area contributed by atoms with Gasteiger partial charge in [-0.2, -0.15) is 0 Å². The molecule has 0 aromatic heterocycles. The van der Waals surface area contributed by atoms with Gasteiger partial charge in [0.1, 0.15) is 13.1 Å². The van der Waals surface area contributed by atoms with E-state index in [9.17, 15) is 9.59 Å². The van der Waals surface area contributed by atoms with Gasteiger partial charge in [-0.05, 0) is 20.8 Å². The largest absolute Gasteiger partial charge is 0.323 e. The third kappa shape index (κ3) is 5.74. The second-order valence-electron chi connectivity index (χ2n) is 6.47. The molecule has 4 heteroatoms. The van der Waals surface area contributed by atoms with Crippen LogP contribution in [-0.4, -0.2) is 74.9 Å². The van der Waals surface area contributed by atoms with Crippen molar-refractivity contribution < 1.29 is 18.6 Å². The highest BCUT2D eigenvalue weighted by Crippen LogP contribution is 2.08. The van der Waals surface area contributed by atoms with E-state index in [1.54, 1.807) is 6.92 Å². The predicted molar refractivity (Wildman–Crippen MR) is 74.2 cm³/mol. The second kappa shape index (κ2) is 6.43. The number of nitrogens with zero attached hydrogens (tertiary/aromatic N) is 2. The average molecular weight is 258 g/mol. The summed E-state index contributed by atoms with van der Waals surface area (Å²) in [5.41, 5.74) is 0. The van der Waals surface area contributed by atoms with Gasteiger partial charge >= 0.3 is 0 Å². The van der Waals surface area contributed by atoms with Crippen LogP contribution in [0.5, 0.6) is 0 Å². The summed E-state index contributed by atoms with van der Waals surface area (Å²) in [4.78, 5) is 24.2. The lowest BCUT2D eigenvalue weighted by Crippen LogP contribution is -2.49. The van der Waals surface area contributed by atoms with Gasteiger partial charge in [-0.1, -0.05) is 0 Å². The normalized spacial score (nSPS) is 12.9. The maximum atomic E-state index is 12.1. The summed E-state index contributed by atoms with van der Waals surface area (Å²) >= 11 is 0. The van der Waals surface area contributed by atoms with Gasteiger partial charge in [0.15, 0.2) is 11.6 Å². The van der Waals surface area contributed by atoms with Crippen LogP contribution in [0.3, 0.4) is 0 Å². The minimum atomic E-state index is -0.474. The molecule has 4 nitrogen and oxygen atoms in total. The van der Waals surface area contributed by atoms with Crippen molar-refractivity contribution in [2.75, 3.05) is 54.4 Å². The topological polar surface area (TPSA) is 34.1 Å². The first-order chi connectivity index (χ1) is 8.04. The van der Waals surface area contributed by atoms with Gasteiger partial charge < -0.3 is 8.97 Å². The van der Waals surface area contributed by atoms with Crippen LogP contribution in [0.25, 0.3) is 0 Å². The first-order valence-corrected chi connectivity index (χ1v) is 6.74. The molecule has 0 heterocycles. The van der Waals surface area contributed by atoms with Crippen molar-refractivity contribution >= 4 is 11.6 Å². The first kappa shape index (κ1) is 17.3. The van der Waals surface area contributed by atoms with E-state index in [-0.39, 0.29) is 11.6 Å². The lowest BCUT2D eigenvalue weighted by Gasteiger charge is -2.30. The Morgan fingerprint density at radius 2 is 1.11 bits per heavy atom. The van der Waals surface area contributed by atoms with E-state index in [0.717, 1.165) is 13.1 Å². The van der Waals surface area contributed by atoms with Gasteiger partial charge in [-0.3, -0.25) is 9.59 Å². The van der Waals surface area contributed by atoms with Gasteiger partial charge in [0, 0.05) is 0 Å². The summed E-state index contributed by atoms with van der Waals surface area (Å²) in [6, 6.07) is 0. The number of likely N-dealkylation sites (N-methyl/N-ethyl adjacent to an activating group) is 2. The lowest BCUT2D eigenvalue weighted by atomic mass is 9.99. The van der Waals surface area contributed by atoms with E-state index < -0.39 is 5.92 Å². The number of hydrogen-bond acceptors (Lipinski definition) is 2. The Labute approximate surface area is 112 Å². The highest BCUT2D eigenvalue weighted by Gasteiger charge is 2.30. The van der Waals surface area contributed by atoms with Crippen molar-refractivity contribution in [1.29, 1.82) is 0 Å². The van der Waals surface area contributed by atoms with Crippen LogP contribution < -0.4 is 0 Å². The fourth-order valence-electron chi connectivity index (χ4n) is 1.52. The summed E-state index contributed by atoms with van der Waals surface area (Å²) in [7, 11) is 8.06.